The molecule has 0 saturated heterocycles. The molecule has 1 N–H and O–H groups in total. The van der Waals surface area contributed by atoms with Crippen molar-refractivity contribution in [1.82, 2.24) is 10.2 Å². The Labute approximate surface area is 231 Å². The predicted octanol–water partition coefficient (Wildman–Crippen LogP) is 3.48. The lowest BCUT2D eigenvalue weighted by atomic mass is 10.1. The Hall–Kier alpha value is -4.19. The van der Waals surface area contributed by atoms with Gasteiger partial charge in [0.25, 0.3) is 10.0 Å². The summed E-state index contributed by atoms with van der Waals surface area (Å²) in [7, 11) is -4.39. The fourth-order valence-electron chi connectivity index (χ4n) is 4.14. The summed E-state index contributed by atoms with van der Waals surface area (Å²) in [6, 6.07) is 13.2. The van der Waals surface area contributed by atoms with Gasteiger partial charge in [-0.15, -0.1) is 0 Å². The molecule has 0 fully saturated rings. The van der Waals surface area contributed by atoms with E-state index in [1.165, 1.54) is 66.4 Å². The molecule has 3 aromatic carbocycles. The van der Waals surface area contributed by atoms with E-state index in [9.17, 15) is 26.8 Å². The van der Waals surface area contributed by atoms with E-state index in [4.69, 9.17) is 9.47 Å². The van der Waals surface area contributed by atoms with Gasteiger partial charge >= 0.3 is 0 Å². The number of ether oxygens (including phenoxy) is 2. The third-order valence-corrected chi connectivity index (χ3v) is 8.05. The van der Waals surface area contributed by atoms with Crippen LogP contribution in [0, 0.1) is 11.6 Å². The number of likely N-dealkylation sites (N-methyl/N-ethyl adjacent to an activating group) is 1. The molecule has 1 aliphatic heterocycles. The van der Waals surface area contributed by atoms with Gasteiger partial charge in [0.15, 0.2) is 11.5 Å². The molecule has 40 heavy (non-hydrogen) atoms. The zero-order valence-corrected chi connectivity index (χ0v) is 22.8. The predicted molar refractivity (Wildman–Crippen MR) is 143 cm³/mol. The number of amides is 2. The van der Waals surface area contributed by atoms with Crippen LogP contribution in [0.2, 0.25) is 0 Å². The molecule has 9 nitrogen and oxygen atoms in total. The van der Waals surface area contributed by atoms with Crippen LogP contribution in [0.3, 0.4) is 0 Å². The highest BCUT2D eigenvalue weighted by molar-refractivity contribution is 7.92. The van der Waals surface area contributed by atoms with Crippen molar-refractivity contribution in [2.24, 2.45) is 0 Å². The Morgan fingerprint density at radius 1 is 0.925 bits per heavy atom. The summed E-state index contributed by atoms with van der Waals surface area (Å²) >= 11 is 0. The first kappa shape index (κ1) is 28.8. The average Bonchev–Trinajstić information content (AvgIpc) is 2.95. The maximum Gasteiger partial charge on any atom is 0.264 e. The van der Waals surface area contributed by atoms with Crippen molar-refractivity contribution in [2.75, 3.05) is 30.6 Å². The molecule has 1 heterocycles. The standard InChI is InChI=1S/C28H29F2N3O6S/c1-3-31-28(35)19(2)32(17-20-4-6-21(29)7-5-20)27(34)18-33(23-10-8-22(30)9-11-23)40(36,37)24-12-13-25-26(16-24)39-15-14-38-25/h4-13,16,19H,3,14-15,17-18H2,1-2H3,(H,31,35)/t19-/m0/s1. The second-order valence-electron chi connectivity index (χ2n) is 9.01. The number of nitrogens with one attached hydrogen (secondary N) is 1. The molecule has 0 aliphatic carbocycles. The fraction of sp³-hybridized carbons (Fsp3) is 0.286. The van der Waals surface area contributed by atoms with Crippen molar-refractivity contribution < 1.29 is 36.3 Å². The van der Waals surface area contributed by atoms with Gasteiger partial charge in [0, 0.05) is 19.2 Å². The molecule has 2 amide bonds. The van der Waals surface area contributed by atoms with Gasteiger partial charge in [0.1, 0.15) is 37.4 Å². The molecule has 4 rings (SSSR count). The number of anilines is 1. The van der Waals surface area contributed by atoms with Gasteiger partial charge in [-0.25, -0.2) is 17.2 Å². The summed E-state index contributed by atoms with van der Waals surface area (Å²) in [5.41, 5.74) is 0.575. The highest BCUT2D eigenvalue weighted by Crippen LogP contribution is 2.34. The summed E-state index contributed by atoms with van der Waals surface area (Å²) in [6.07, 6.45) is 0. The maximum atomic E-state index is 13.9. The van der Waals surface area contributed by atoms with Crippen molar-refractivity contribution >= 4 is 27.5 Å². The van der Waals surface area contributed by atoms with Crippen LogP contribution in [0.5, 0.6) is 11.5 Å². The molecule has 12 heteroatoms. The second kappa shape index (κ2) is 12.3. The van der Waals surface area contributed by atoms with E-state index in [1.807, 2.05) is 0 Å². The van der Waals surface area contributed by atoms with Gasteiger partial charge in [0.05, 0.1) is 10.6 Å². The number of fused-ring (bicyclic) bond motifs is 1. The van der Waals surface area contributed by atoms with Crippen LogP contribution in [0.25, 0.3) is 0 Å². The Bertz CT molecular complexity index is 1470. The largest absolute Gasteiger partial charge is 0.486 e. The molecule has 0 saturated carbocycles. The van der Waals surface area contributed by atoms with E-state index in [0.717, 1.165) is 16.4 Å². The van der Waals surface area contributed by atoms with E-state index < -0.39 is 46.1 Å². The minimum Gasteiger partial charge on any atom is -0.486 e. The van der Waals surface area contributed by atoms with Crippen LogP contribution in [-0.2, 0) is 26.2 Å². The number of sulfonamides is 1. The summed E-state index contributed by atoms with van der Waals surface area (Å²) < 4.78 is 66.9. The van der Waals surface area contributed by atoms with Crippen molar-refractivity contribution in [2.45, 2.75) is 31.3 Å². The topological polar surface area (TPSA) is 105 Å². The van der Waals surface area contributed by atoms with Crippen LogP contribution in [0.4, 0.5) is 14.5 Å². The van der Waals surface area contributed by atoms with Crippen LogP contribution in [0.15, 0.2) is 71.6 Å². The molecule has 0 spiro atoms. The van der Waals surface area contributed by atoms with Crippen LogP contribution in [-0.4, -0.2) is 57.5 Å². The van der Waals surface area contributed by atoms with Gasteiger partial charge < -0.3 is 19.7 Å². The number of hydrogen-bond acceptors (Lipinski definition) is 6. The molecule has 0 unspecified atom stereocenters. The first-order valence-corrected chi connectivity index (χ1v) is 14.0. The van der Waals surface area contributed by atoms with Crippen LogP contribution >= 0.6 is 0 Å². The average molecular weight is 574 g/mol. The Morgan fingerprint density at radius 2 is 1.52 bits per heavy atom. The number of rotatable bonds is 10. The highest BCUT2D eigenvalue weighted by Gasteiger charge is 2.33. The molecule has 0 radical (unpaired) electrons. The first-order valence-electron chi connectivity index (χ1n) is 12.6. The zero-order valence-electron chi connectivity index (χ0n) is 22.0. The summed E-state index contributed by atoms with van der Waals surface area (Å²) in [5, 5.41) is 2.66. The number of benzene rings is 3. The fourth-order valence-corrected chi connectivity index (χ4v) is 5.57. The molecule has 0 aromatic heterocycles. The van der Waals surface area contributed by atoms with Crippen molar-refractivity contribution in [3.05, 3.63) is 83.9 Å². The smallest absolute Gasteiger partial charge is 0.264 e. The molecule has 212 valence electrons. The molecular formula is C28H29F2N3O6S. The molecule has 1 atom stereocenters. The summed E-state index contributed by atoms with van der Waals surface area (Å²) in [5.74, 6) is -1.58. The number of halogens is 2. The number of nitrogens with zero attached hydrogens (tertiary/aromatic N) is 2. The number of hydrogen-bond donors (Lipinski definition) is 1. The van der Waals surface area contributed by atoms with Gasteiger partial charge in [-0.1, -0.05) is 12.1 Å². The summed E-state index contributed by atoms with van der Waals surface area (Å²) in [4.78, 5) is 27.5. The quantitative estimate of drug-likeness (QED) is 0.398. The monoisotopic (exact) mass is 573 g/mol. The lowest BCUT2D eigenvalue weighted by molar-refractivity contribution is -0.139. The lowest BCUT2D eigenvalue weighted by Crippen LogP contribution is -2.51. The Morgan fingerprint density at radius 3 is 2.15 bits per heavy atom. The van der Waals surface area contributed by atoms with Crippen molar-refractivity contribution in [3.63, 3.8) is 0 Å². The second-order valence-corrected chi connectivity index (χ2v) is 10.9. The van der Waals surface area contributed by atoms with Gasteiger partial charge in [0.2, 0.25) is 11.8 Å². The van der Waals surface area contributed by atoms with Crippen LogP contribution in [0.1, 0.15) is 19.4 Å². The molecule has 3 aromatic rings. The molecular weight excluding hydrogens is 544 g/mol. The lowest BCUT2D eigenvalue weighted by Gasteiger charge is -2.32. The highest BCUT2D eigenvalue weighted by atomic mass is 32.2. The third-order valence-electron chi connectivity index (χ3n) is 6.28. The van der Waals surface area contributed by atoms with E-state index >= 15 is 0 Å². The first-order chi connectivity index (χ1) is 19.1. The Balaban J connectivity index is 1.71. The molecule has 1 aliphatic rings. The minimum atomic E-state index is -4.39. The molecule has 0 bridgehead atoms. The van der Waals surface area contributed by atoms with E-state index in [-0.39, 0.29) is 29.5 Å². The van der Waals surface area contributed by atoms with Crippen LogP contribution < -0.4 is 19.1 Å². The van der Waals surface area contributed by atoms with Crippen molar-refractivity contribution in [1.29, 1.82) is 0 Å². The van der Waals surface area contributed by atoms with Crippen molar-refractivity contribution in [3.8, 4) is 11.5 Å². The van der Waals surface area contributed by atoms with E-state index in [1.54, 1.807) is 6.92 Å². The van der Waals surface area contributed by atoms with E-state index in [2.05, 4.69) is 5.32 Å². The number of carbonyl (C=O) groups is 2. The van der Waals surface area contributed by atoms with Gasteiger partial charge in [-0.2, -0.15) is 0 Å². The summed E-state index contributed by atoms with van der Waals surface area (Å²) in [6.45, 7) is 3.35. The number of carbonyl (C=O) groups excluding carboxylic acids is 2. The zero-order chi connectivity index (χ0) is 28.9. The normalized spacial score (nSPS) is 13.3. The van der Waals surface area contributed by atoms with Gasteiger partial charge in [-0.05, 0) is 67.9 Å². The SMILES string of the molecule is CCNC(=O)[C@H](C)N(Cc1ccc(F)cc1)C(=O)CN(c1ccc(F)cc1)S(=O)(=O)c1ccc2c(c1)OCCO2. The third kappa shape index (κ3) is 6.50. The van der Waals surface area contributed by atoms with Gasteiger partial charge in [-0.3, -0.25) is 13.9 Å². The minimum absolute atomic E-state index is 0.0389. The van der Waals surface area contributed by atoms with E-state index in [0.29, 0.717) is 24.5 Å². The Kier molecular flexibility index (Phi) is 8.88. The maximum absolute atomic E-state index is 13.9.